The van der Waals surface area contributed by atoms with Crippen LogP contribution in [0.15, 0.2) is 17.1 Å². The molecule has 0 bridgehead atoms. The molecule has 0 spiro atoms. The molecule has 9 heteroatoms. The number of rotatable bonds is 6. The van der Waals surface area contributed by atoms with Gasteiger partial charge in [0.2, 0.25) is 5.78 Å². The SMILES string of the molecule is COc1cc2c(cc1OCCCN1CCCC1)N=C(C(F)(F)F)C(=O)C2Cl. The largest absolute Gasteiger partial charge is 0.493 e. The summed E-state index contributed by atoms with van der Waals surface area (Å²) in [4.78, 5) is 17.7. The molecule has 0 radical (unpaired) electrons. The lowest BCUT2D eigenvalue weighted by molar-refractivity contribution is -0.117. The number of carbonyl (C=O) groups excluding carboxylic acids is 1. The highest BCUT2D eigenvalue weighted by Crippen LogP contribution is 2.44. The molecule has 2 aliphatic rings. The molecule has 2 aliphatic heterocycles. The Hall–Kier alpha value is -1.80. The number of aliphatic imine (C=N–C) groups is 1. The minimum absolute atomic E-state index is 0.0303. The second kappa shape index (κ2) is 8.06. The smallest absolute Gasteiger partial charge is 0.436 e. The van der Waals surface area contributed by atoms with Crippen molar-refractivity contribution in [2.45, 2.75) is 30.8 Å². The molecule has 1 unspecified atom stereocenters. The van der Waals surface area contributed by atoms with Crippen molar-refractivity contribution in [3.05, 3.63) is 17.7 Å². The van der Waals surface area contributed by atoms with Crippen LogP contribution in [0, 0.1) is 0 Å². The van der Waals surface area contributed by atoms with Gasteiger partial charge in [0.25, 0.3) is 0 Å². The Balaban J connectivity index is 1.78. The molecule has 0 N–H and O–H groups in total. The van der Waals surface area contributed by atoms with E-state index < -0.39 is 23.0 Å². The minimum atomic E-state index is -4.86. The van der Waals surface area contributed by atoms with E-state index in [9.17, 15) is 18.0 Å². The number of Topliss-reactive ketones (excluding diaryl/α,β-unsaturated/α-hetero) is 1. The van der Waals surface area contributed by atoms with Crippen molar-refractivity contribution >= 4 is 28.8 Å². The topological polar surface area (TPSA) is 51.1 Å². The molecule has 1 aromatic rings. The Morgan fingerprint density at radius 1 is 1.26 bits per heavy atom. The molecular weight excluding hydrogens is 385 g/mol. The van der Waals surface area contributed by atoms with Crippen LogP contribution in [0.4, 0.5) is 18.9 Å². The van der Waals surface area contributed by atoms with E-state index >= 15 is 0 Å². The van der Waals surface area contributed by atoms with Gasteiger partial charge in [0.05, 0.1) is 19.4 Å². The molecule has 5 nitrogen and oxygen atoms in total. The second-order valence-corrected chi connectivity index (χ2v) is 6.93. The summed E-state index contributed by atoms with van der Waals surface area (Å²) < 4.78 is 50.0. The van der Waals surface area contributed by atoms with Gasteiger partial charge < -0.3 is 14.4 Å². The zero-order valence-corrected chi connectivity index (χ0v) is 15.6. The van der Waals surface area contributed by atoms with Crippen LogP contribution in [0.25, 0.3) is 0 Å². The Morgan fingerprint density at radius 3 is 2.59 bits per heavy atom. The van der Waals surface area contributed by atoms with Gasteiger partial charge in [-0.3, -0.25) is 4.79 Å². The summed E-state index contributed by atoms with van der Waals surface area (Å²) in [6.45, 7) is 3.47. The number of nitrogens with zero attached hydrogens (tertiary/aromatic N) is 2. The maximum absolute atomic E-state index is 13.0. The van der Waals surface area contributed by atoms with Gasteiger partial charge in [0, 0.05) is 18.2 Å². The minimum Gasteiger partial charge on any atom is -0.493 e. The second-order valence-electron chi connectivity index (χ2n) is 6.50. The quantitative estimate of drug-likeness (QED) is 0.530. The average molecular weight is 405 g/mol. The van der Waals surface area contributed by atoms with Crippen LogP contribution in [0.5, 0.6) is 11.5 Å². The van der Waals surface area contributed by atoms with Crippen molar-refractivity contribution in [2.24, 2.45) is 4.99 Å². The van der Waals surface area contributed by atoms with Gasteiger partial charge in [-0.25, -0.2) is 4.99 Å². The van der Waals surface area contributed by atoms with Crippen molar-refractivity contribution in [1.29, 1.82) is 0 Å². The van der Waals surface area contributed by atoms with Gasteiger partial charge in [-0.2, -0.15) is 13.2 Å². The summed E-state index contributed by atoms with van der Waals surface area (Å²) in [6, 6.07) is 2.76. The van der Waals surface area contributed by atoms with E-state index in [0.29, 0.717) is 12.4 Å². The zero-order chi connectivity index (χ0) is 19.6. The molecule has 27 heavy (non-hydrogen) atoms. The summed E-state index contributed by atoms with van der Waals surface area (Å²) in [5.41, 5.74) is -1.35. The van der Waals surface area contributed by atoms with Gasteiger partial charge in [-0.1, -0.05) is 0 Å². The number of ketones is 1. The Bertz CT molecular complexity index is 746. The Kier molecular flexibility index (Phi) is 5.95. The predicted molar refractivity (Wildman–Crippen MR) is 95.5 cm³/mol. The molecule has 0 saturated carbocycles. The lowest BCUT2D eigenvalue weighted by atomic mass is 9.98. The summed E-state index contributed by atoms with van der Waals surface area (Å²) in [7, 11) is 1.41. The highest BCUT2D eigenvalue weighted by molar-refractivity contribution is 6.53. The van der Waals surface area contributed by atoms with E-state index in [1.807, 2.05) is 0 Å². The number of halogens is 4. The number of hydrogen-bond acceptors (Lipinski definition) is 5. The van der Waals surface area contributed by atoms with Gasteiger partial charge in [0.1, 0.15) is 5.38 Å². The Labute approximate surface area is 160 Å². The number of methoxy groups -OCH3 is 1. The fraction of sp³-hybridized carbons (Fsp3) is 0.556. The summed E-state index contributed by atoms with van der Waals surface area (Å²) in [6.07, 6.45) is -1.67. The maximum Gasteiger partial charge on any atom is 0.436 e. The molecule has 0 aromatic heterocycles. The number of fused-ring (bicyclic) bond motifs is 1. The molecular formula is C18H20ClF3N2O3. The van der Waals surface area contributed by atoms with E-state index in [2.05, 4.69) is 9.89 Å². The van der Waals surface area contributed by atoms with E-state index in [1.165, 1.54) is 32.1 Å². The van der Waals surface area contributed by atoms with Gasteiger partial charge in [-0.15, -0.1) is 11.6 Å². The molecule has 1 atom stereocenters. The lowest BCUT2D eigenvalue weighted by Gasteiger charge is -2.22. The summed E-state index contributed by atoms with van der Waals surface area (Å²) in [5, 5.41) is -1.47. The number of alkyl halides is 4. The first kappa shape index (κ1) is 19.9. The third-order valence-corrected chi connectivity index (χ3v) is 5.06. The van der Waals surface area contributed by atoms with Crippen molar-refractivity contribution in [3.8, 4) is 11.5 Å². The molecule has 1 aromatic carbocycles. The van der Waals surface area contributed by atoms with Crippen LogP contribution < -0.4 is 9.47 Å². The van der Waals surface area contributed by atoms with Crippen LogP contribution in [-0.2, 0) is 4.79 Å². The van der Waals surface area contributed by atoms with Gasteiger partial charge in [-0.05, 0) is 38.4 Å². The first-order valence-electron chi connectivity index (χ1n) is 8.72. The first-order chi connectivity index (χ1) is 12.8. The number of carbonyl (C=O) groups is 1. The number of ether oxygens (including phenoxy) is 2. The molecule has 3 rings (SSSR count). The molecule has 0 amide bonds. The van der Waals surface area contributed by atoms with E-state index in [0.717, 1.165) is 26.1 Å². The molecule has 1 fully saturated rings. The number of likely N-dealkylation sites (tertiary alicyclic amines) is 1. The summed E-state index contributed by atoms with van der Waals surface area (Å²) in [5.74, 6) is -0.682. The van der Waals surface area contributed by atoms with Gasteiger partial charge >= 0.3 is 6.18 Å². The zero-order valence-electron chi connectivity index (χ0n) is 14.8. The van der Waals surface area contributed by atoms with Crippen LogP contribution in [0.3, 0.4) is 0 Å². The Morgan fingerprint density at radius 2 is 1.96 bits per heavy atom. The summed E-state index contributed by atoms with van der Waals surface area (Å²) >= 11 is 5.95. The fourth-order valence-corrected chi connectivity index (χ4v) is 3.53. The van der Waals surface area contributed by atoms with E-state index in [4.69, 9.17) is 21.1 Å². The van der Waals surface area contributed by atoms with Crippen molar-refractivity contribution in [3.63, 3.8) is 0 Å². The monoisotopic (exact) mass is 404 g/mol. The van der Waals surface area contributed by atoms with Crippen molar-refractivity contribution in [2.75, 3.05) is 33.4 Å². The number of benzene rings is 1. The number of hydrogen-bond donors (Lipinski definition) is 0. The third-order valence-electron chi connectivity index (χ3n) is 4.63. The standard InChI is InChI=1S/C18H20ClF3N2O3/c1-26-13-9-11-12(23-17(18(20,21)22)16(25)15(11)19)10-14(13)27-8-4-7-24-5-2-3-6-24/h9-10,15H,2-8H2,1H3. The van der Waals surface area contributed by atoms with Crippen molar-refractivity contribution in [1.82, 2.24) is 4.90 Å². The highest BCUT2D eigenvalue weighted by Gasteiger charge is 2.46. The van der Waals surface area contributed by atoms with Crippen LogP contribution in [0.1, 0.15) is 30.2 Å². The van der Waals surface area contributed by atoms with E-state index in [-0.39, 0.29) is 17.0 Å². The van der Waals surface area contributed by atoms with Crippen LogP contribution in [-0.4, -0.2) is 55.9 Å². The third kappa shape index (κ3) is 4.38. The highest BCUT2D eigenvalue weighted by atomic mass is 35.5. The lowest BCUT2D eigenvalue weighted by Crippen LogP contribution is -2.35. The van der Waals surface area contributed by atoms with Crippen molar-refractivity contribution < 1.29 is 27.4 Å². The van der Waals surface area contributed by atoms with Gasteiger partial charge in [0.15, 0.2) is 17.2 Å². The molecule has 148 valence electrons. The molecule has 1 saturated heterocycles. The fourth-order valence-electron chi connectivity index (χ4n) is 3.25. The van der Waals surface area contributed by atoms with Crippen LogP contribution >= 0.6 is 11.6 Å². The maximum atomic E-state index is 13.0. The molecule has 0 aliphatic carbocycles. The van der Waals surface area contributed by atoms with Crippen LogP contribution in [0.2, 0.25) is 0 Å². The normalized spacial score (nSPS) is 20.4. The molecule has 2 heterocycles. The predicted octanol–water partition coefficient (Wildman–Crippen LogP) is 4.06. The first-order valence-corrected chi connectivity index (χ1v) is 9.16. The van der Waals surface area contributed by atoms with E-state index in [1.54, 1.807) is 0 Å². The average Bonchev–Trinajstić information content (AvgIpc) is 3.13.